The lowest BCUT2D eigenvalue weighted by Gasteiger charge is -2.22. The largest absolute Gasteiger partial charge is 0.343 e. The van der Waals surface area contributed by atoms with Crippen molar-refractivity contribution in [3.8, 4) is 0 Å². The molecule has 1 rings (SSSR count). The van der Waals surface area contributed by atoms with Gasteiger partial charge in [0, 0.05) is 19.5 Å². The van der Waals surface area contributed by atoms with Gasteiger partial charge >= 0.3 is 0 Å². The monoisotopic (exact) mass is 197 g/mol. The fourth-order valence-corrected chi connectivity index (χ4v) is 2.17. The third-order valence-electron chi connectivity index (χ3n) is 3.36. The predicted molar refractivity (Wildman–Crippen MR) is 59.1 cm³/mol. The standard InChI is InChI=1S/C12H23NO/c1-4-11(10(2)3)9-12(14)13-7-5-6-8-13/h10-11H,4-9H2,1-3H3. The molecule has 1 aliphatic heterocycles. The summed E-state index contributed by atoms with van der Waals surface area (Å²) < 4.78 is 0. The Balaban J connectivity index is 2.37. The summed E-state index contributed by atoms with van der Waals surface area (Å²) in [6, 6.07) is 0. The topological polar surface area (TPSA) is 20.3 Å². The lowest BCUT2D eigenvalue weighted by Crippen LogP contribution is -2.30. The number of hydrogen-bond acceptors (Lipinski definition) is 1. The Morgan fingerprint density at radius 2 is 1.86 bits per heavy atom. The first-order chi connectivity index (χ1) is 6.65. The van der Waals surface area contributed by atoms with Crippen molar-refractivity contribution in [1.82, 2.24) is 4.90 Å². The van der Waals surface area contributed by atoms with Crippen molar-refractivity contribution in [3.63, 3.8) is 0 Å². The fourth-order valence-electron chi connectivity index (χ4n) is 2.17. The molecule has 14 heavy (non-hydrogen) atoms. The minimum absolute atomic E-state index is 0.378. The number of hydrogen-bond donors (Lipinski definition) is 0. The molecule has 2 nitrogen and oxygen atoms in total. The molecule has 0 aromatic heterocycles. The third-order valence-corrected chi connectivity index (χ3v) is 3.36. The molecule has 0 spiro atoms. The van der Waals surface area contributed by atoms with Gasteiger partial charge in [0.05, 0.1) is 0 Å². The fraction of sp³-hybridized carbons (Fsp3) is 0.917. The van der Waals surface area contributed by atoms with Crippen LogP contribution < -0.4 is 0 Å². The Morgan fingerprint density at radius 1 is 1.29 bits per heavy atom. The Hall–Kier alpha value is -0.530. The predicted octanol–water partition coefficient (Wildman–Crippen LogP) is 2.68. The van der Waals surface area contributed by atoms with Gasteiger partial charge in [-0.15, -0.1) is 0 Å². The Labute approximate surface area is 87.7 Å². The first kappa shape index (κ1) is 11.5. The van der Waals surface area contributed by atoms with E-state index in [0.29, 0.717) is 17.7 Å². The van der Waals surface area contributed by atoms with E-state index in [1.54, 1.807) is 0 Å². The zero-order chi connectivity index (χ0) is 10.6. The average molecular weight is 197 g/mol. The van der Waals surface area contributed by atoms with Gasteiger partial charge in [0.15, 0.2) is 0 Å². The summed E-state index contributed by atoms with van der Waals surface area (Å²) in [5.74, 6) is 1.58. The van der Waals surface area contributed by atoms with Gasteiger partial charge in [-0.05, 0) is 24.7 Å². The van der Waals surface area contributed by atoms with Crippen molar-refractivity contribution in [1.29, 1.82) is 0 Å². The first-order valence-electron chi connectivity index (χ1n) is 5.93. The van der Waals surface area contributed by atoms with Crippen LogP contribution in [0.4, 0.5) is 0 Å². The molecule has 1 fully saturated rings. The van der Waals surface area contributed by atoms with E-state index in [1.165, 1.54) is 12.8 Å². The van der Waals surface area contributed by atoms with E-state index < -0.39 is 0 Å². The molecule has 1 atom stereocenters. The number of carbonyl (C=O) groups excluding carboxylic acids is 1. The van der Waals surface area contributed by atoms with E-state index in [1.807, 2.05) is 4.90 Å². The van der Waals surface area contributed by atoms with Gasteiger partial charge in [-0.1, -0.05) is 27.2 Å². The molecule has 1 amide bonds. The number of likely N-dealkylation sites (tertiary alicyclic amines) is 1. The number of amides is 1. The van der Waals surface area contributed by atoms with E-state index in [4.69, 9.17) is 0 Å². The van der Waals surface area contributed by atoms with Crippen molar-refractivity contribution in [2.24, 2.45) is 11.8 Å². The molecular weight excluding hydrogens is 174 g/mol. The van der Waals surface area contributed by atoms with E-state index in [-0.39, 0.29) is 0 Å². The maximum absolute atomic E-state index is 11.8. The Bertz CT molecular complexity index is 183. The van der Waals surface area contributed by atoms with E-state index in [2.05, 4.69) is 20.8 Å². The van der Waals surface area contributed by atoms with E-state index >= 15 is 0 Å². The molecule has 0 saturated carbocycles. The van der Waals surface area contributed by atoms with Gasteiger partial charge in [-0.25, -0.2) is 0 Å². The van der Waals surface area contributed by atoms with Crippen LogP contribution in [-0.4, -0.2) is 23.9 Å². The van der Waals surface area contributed by atoms with E-state index in [0.717, 1.165) is 25.9 Å². The maximum Gasteiger partial charge on any atom is 0.222 e. The summed E-state index contributed by atoms with van der Waals surface area (Å²) in [5.41, 5.74) is 0. The second kappa shape index (κ2) is 5.38. The van der Waals surface area contributed by atoms with Crippen LogP contribution in [0.5, 0.6) is 0 Å². The maximum atomic E-state index is 11.8. The summed E-state index contributed by atoms with van der Waals surface area (Å²) >= 11 is 0. The molecule has 0 aliphatic carbocycles. The van der Waals surface area contributed by atoms with Crippen LogP contribution in [0.15, 0.2) is 0 Å². The third kappa shape index (κ3) is 3.00. The quantitative estimate of drug-likeness (QED) is 0.678. The molecule has 0 aromatic rings. The first-order valence-corrected chi connectivity index (χ1v) is 5.93. The zero-order valence-electron chi connectivity index (χ0n) is 9.75. The smallest absolute Gasteiger partial charge is 0.222 e. The summed E-state index contributed by atoms with van der Waals surface area (Å²) in [6.07, 6.45) is 4.28. The summed E-state index contributed by atoms with van der Waals surface area (Å²) in [6.45, 7) is 8.60. The van der Waals surface area contributed by atoms with Crippen LogP contribution in [0.2, 0.25) is 0 Å². The Morgan fingerprint density at radius 3 is 2.29 bits per heavy atom. The van der Waals surface area contributed by atoms with Gasteiger partial charge in [0.2, 0.25) is 5.91 Å². The highest BCUT2D eigenvalue weighted by Gasteiger charge is 2.22. The van der Waals surface area contributed by atoms with Gasteiger partial charge in [-0.2, -0.15) is 0 Å². The van der Waals surface area contributed by atoms with Crippen LogP contribution in [0, 0.1) is 11.8 Å². The molecule has 1 heterocycles. The van der Waals surface area contributed by atoms with Crippen LogP contribution in [0.3, 0.4) is 0 Å². The summed E-state index contributed by atoms with van der Waals surface area (Å²) in [7, 11) is 0. The van der Waals surface area contributed by atoms with Crippen molar-refractivity contribution in [2.75, 3.05) is 13.1 Å². The molecule has 0 aromatic carbocycles. The summed E-state index contributed by atoms with van der Waals surface area (Å²) in [4.78, 5) is 13.9. The lowest BCUT2D eigenvalue weighted by molar-refractivity contribution is -0.131. The average Bonchev–Trinajstić information content (AvgIpc) is 2.65. The molecule has 82 valence electrons. The molecule has 0 radical (unpaired) electrons. The normalized spacial score (nSPS) is 19.0. The second-order valence-corrected chi connectivity index (χ2v) is 4.70. The van der Waals surface area contributed by atoms with Gasteiger partial charge < -0.3 is 4.90 Å². The van der Waals surface area contributed by atoms with Crippen molar-refractivity contribution < 1.29 is 4.79 Å². The number of rotatable bonds is 4. The van der Waals surface area contributed by atoms with Crippen molar-refractivity contribution in [3.05, 3.63) is 0 Å². The van der Waals surface area contributed by atoms with Gasteiger partial charge in [-0.3, -0.25) is 4.79 Å². The number of nitrogens with zero attached hydrogens (tertiary/aromatic N) is 1. The minimum atomic E-state index is 0.378. The van der Waals surface area contributed by atoms with E-state index in [9.17, 15) is 4.79 Å². The van der Waals surface area contributed by atoms with Crippen LogP contribution in [-0.2, 0) is 4.79 Å². The number of carbonyl (C=O) groups is 1. The minimum Gasteiger partial charge on any atom is -0.343 e. The molecule has 0 bridgehead atoms. The van der Waals surface area contributed by atoms with Crippen LogP contribution in [0.25, 0.3) is 0 Å². The highest BCUT2D eigenvalue weighted by atomic mass is 16.2. The van der Waals surface area contributed by atoms with Crippen molar-refractivity contribution in [2.45, 2.75) is 46.5 Å². The molecule has 2 heteroatoms. The molecule has 0 N–H and O–H groups in total. The van der Waals surface area contributed by atoms with Crippen LogP contribution in [0.1, 0.15) is 46.5 Å². The van der Waals surface area contributed by atoms with Crippen molar-refractivity contribution >= 4 is 5.91 Å². The van der Waals surface area contributed by atoms with Gasteiger partial charge in [0.25, 0.3) is 0 Å². The molecule has 1 aliphatic rings. The second-order valence-electron chi connectivity index (χ2n) is 4.70. The highest BCUT2D eigenvalue weighted by Crippen LogP contribution is 2.21. The summed E-state index contributed by atoms with van der Waals surface area (Å²) in [5, 5.41) is 0. The SMILES string of the molecule is CCC(CC(=O)N1CCCC1)C(C)C. The lowest BCUT2D eigenvalue weighted by atomic mass is 9.90. The highest BCUT2D eigenvalue weighted by molar-refractivity contribution is 5.76. The van der Waals surface area contributed by atoms with Crippen LogP contribution >= 0.6 is 0 Å². The zero-order valence-corrected chi connectivity index (χ0v) is 9.75. The Kier molecular flexibility index (Phi) is 4.43. The molecule has 1 saturated heterocycles. The molecular formula is C12H23NO. The van der Waals surface area contributed by atoms with Gasteiger partial charge in [0.1, 0.15) is 0 Å². The molecule has 1 unspecified atom stereocenters.